The summed E-state index contributed by atoms with van der Waals surface area (Å²) < 4.78 is 0. The van der Waals surface area contributed by atoms with E-state index in [0.29, 0.717) is 0 Å². The lowest BCUT2D eigenvalue weighted by molar-refractivity contribution is 0.284. The van der Waals surface area contributed by atoms with Crippen LogP contribution < -0.4 is 0 Å². The highest BCUT2D eigenvalue weighted by Crippen LogP contribution is 2.21. The van der Waals surface area contributed by atoms with Gasteiger partial charge < -0.3 is 10.0 Å². The van der Waals surface area contributed by atoms with E-state index in [4.69, 9.17) is 4.98 Å². The molecule has 0 spiro atoms. The average molecular weight is 282 g/mol. The van der Waals surface area contributed by atoms with Gasteiger partial charge in [-0.3, -0.25) is 0 Å². The first-order valence-corrected chi connectivity index (χ1v) is 8.45. The van der Waals surface area contributed by atoms with E-state index < -0.39 is 0 Å². The summed E-state index contributed by atoms with van der Waals surface area (Å²) in [7, 11) is 0. The van der Waals surface area contributed by atoms with Gasteiger partial charge in [-0.05, 0) is 32.4 Å². The van der Waals surface area contributed by atoms with Gasteiger partial charge in [0, 0.05) is 13.0 Å². The molecule has 19 heavy (non-hydrogen) atoms. The van der Waals surface area contributed by atoms with Crippen LogP contribution in [-0.4, -0.2) is 34.6 Å². The largest absolute Gasteiger partial charge is 0.391 e. The van der Waals surface area contributed by atoms with Crippen LogP contribution in [0.2, 0.25) is 0 Å². The van der Waals surface area contributed by atoms with Crippen LogP contribution in [0.3, 0.4) is 0 Å². The molecule has 4 heteroatoms. The van der Waals surface area contributed by atoms with Crippen LogP contribution in [0.15, 0.2) is 0 Å². The van der Waals surface area contributed by atoms with Crippen LogP contribution in [0.1, 0.15) is 54.6 Å². The Morgan fingerprint density at radius 1 is 1.16 bits per heavy atom. The van der Waals surface area contributed by atoms with E-state index in [9.17, 15) is 5.11 Å². The van der Waals surface area contributed by atoms with Gasteiger partial charge in [-0.2, -0.15) is 0 Å². The smallest absolute Gasteiger partial charge is 0.0944 e. The maximum absolute atomic E-state index is 9.37. The first-order chi connectivity index (χ1) is 9.33. The van der Waals surface area contributed by atoms with Gasteiger partial charge in [-0.25, -0.2) is 4.98 Å². The molecule has 2 heterocycles. The first-order valence-electron chi connectivity index (χ1n) is 7.64. The van der Waals surface area contributed by atoms with Crippen molar-refractivity contribution in [1.82, 2.24) is 9.88 Å². The monoisotopic (exact) mass is 282 g/mol. The second kappa shape index (κ2) is 7.98. The molecule has 0 aromatic carbocycles. The molecule has 0 unspecified atom stereocenters. The molecule has 3 nitrogen and oxygen atoms in total. The van der Waals surface area contributed by atoms with E-state index in [1.54, 1.807) is 11.3 Å². The summed E-state index contributed by atoms with van der Waals surface area (Å²) in [6, 6.07) is 0. The van der Waals surface area contributed by atoms with E-state index in [-0.39, 0.29) is 6.61 Å². The third kappa shape index (κ3) is 4.55. The van der Waals surface area contributed by atoms with Crippen molar-refractivity contribution in [3.05, 3.63) is 15.6 Å². The molecule has 1 N–H and O–H groups in total. The number of aliphatic hydroxyl groups excluding tert-OH is 1. The van der Waals surface area contributed by atoms with Gasteiger partial charge in [-0.15, -0.1) is 11.3 Å². The fourth-order valence-electron chi connectivity index (χ4n) is 2.71. The molecular formula is C15H26N2OS. The van der Waals surface area contributed by atoms with Gasteiger partial charge >= 0.3 is 0 Å². The minimum absolute atomic E-state index is 0.150. The summed E-state index contributed by atoms with van der Waals surface area (Å²) in [6.07, 6.45) is 8.62. The van der Waals surface area contributed by atoms with Crippen molar-refractivity contribution < 1.29 is 5.11 Å². The Hall–Kier alpha value is -0.450. The van der Waals surface area contributed by atoms with Crippen molar-refractivity contribution in [2.75, 3.05) is 19.6 Å². The molecular weight excluding hydrogens is 256 g/mol. The highest BCUT2D eigenvalue weighted by Gasteiger charge is 2.12. The molecule has 1 aliphatic heterocycles. The lowest BCUT2D eigenvalue weighted by Gasteiger charge is -2.18. The predicted molar refractivity (Wildman–Crippen MR) is 80.6 cm³/mol. The molecule has 1 saturated heterocycles. The quantitative estimate of drug-likeness (QED) is 0.871. The van der Waals surface area contributed by atoms with Gasteiger partial charge in [0.2, 0.25) is 0 Å². The van der Waals surface area contributed by atoms with E-state index in [0.717, 1.165) is 36.4 Å². The van der Waals surface area contributed by atoms with Gasteiger partial charge in [-0.1, -0.05) is 26.2 Å². The second-order valence-corrected chi connectivity index (χ2v) is 6.56. The number of hydrogen-bond donors (Lipinski definition) is 1. The van der Waals surface area contributed by atoms with Crippen molar-refractivity contribution in [2.45, 2.75) is 58.5 Å². The molecule has 1 aromatic heterocycles. The third-order valence-electron chi connectivity index (χ3n) is 3.79. The van der Waals surface area contributed by atoms with Crippen LogP contribution in [0, 0.1) is 0 Å². The fraction of sp³-hybridized carbons (Fsp3) is 0.800. The minimum atomic E-state index is 0.150. The lowest BCUT2D eigenvalue weighted by Crippen LogP contribution is -2.26. The summed E-state index contributed by atoms with van der Waals surface area (Å²) in [5, 5.41) is 10.6. The molecule has 108 valence electrons. The lowest BCUT2D eigenvalue weighted by atomic mass is 10.2. The fourth-order valence-corrected chi connectivity index (χ4v) is 3.68. The molecule has 2 rings (SSSR count). The maximum Gasteiger partial charge on any atom is 0.0944 e. The Balaban J connectivity index is 1.87. The Bertz CT molecular complexity index is 370. The van der Waals surface area contributed by atoms with Crippen LogP contribution in [0.25, 0.3) is 0 Å². The first kappa shape index (κ1) is 14.9. The third-order valence-corrected chi connectivity index (χ3v) is 4.94. The van der Waals surface area contributed by atoms with Crippen molar-refractivity contribution >= 4 is 11.3 Å². The number of likely N-dealkylation sites (tertiary alicyclic amines) is 1. The zero-order chi connectivity index (χ0) is 13.5. The Kier molecular flexibility index (Phi) is 6.28. The summed E-state index contributed by atoms with van der Waals surface area (Å²) in [5.41, 5.74) is 1.13. The number of rotatable bonds is 6. The molecule has 1 fully saturated rings. The number of aliphatic hydroxyl groups is 1. The number of aromatic nitrogens is 1. The minimum Gasteiger partial charge on any atom is -0.391 e. The SMILES string of the molecule is CCCc1nc(CCN2CCCCCC2)sc1CO. The average Bonchev–Trinajstić information content (AvgIpc) is 2.63. The zero-order valence-electron chi connectivity index (χ0n) is 12.0. The van der Waals surface area contributed by atoms with Crippen molar-refractivity contribution in [3.8, 4) is 0 Å². The number of thiazole rings is 1. The standard InChI is InChI=1S/C15H26N2OS/c1-2-7-13-14(12-18)19-15(16-13)8-11-17-9-5-3-4-6-10-17/h18H,2-12H2,1H3. The Labute approximate surface area is 120 Å². The number of nitrogens with zero attached hydrogens (tertiary/aromatic N) is 2. The van der Waals surface area contributed by atoms with Gasteiger partial charge in [0.15, 0.2) is 0 Å². The highest BCUT2D eigenvalue weighted by atomic mass is 32.1. The molecule has 0 amide bonds. The van der Waals surface area contributed by atoms with Gasteiger partial charge in [0.1, 0.15) is 0 Å². The summed E-state index contributed by atoms with van der Waals surface area (Å²) >= 11 is 1.71. The maximum atomic E-state index is 9.37. The van der Waals surface area contributed by atoms with Crippen LogP contribution in [0.5, 0.6) is 0 Å². The molecule has 0 atom stereocenters. The van der Waals surface area contributed by atoms with Crippen molar-refractivity contribution in [2.24, 2.45) is 0 Å². The van der Waals surface area contributed by atoms with E-state index in [1.807, 2.05) is 0 Å². The topological polar surface area (TPSA) is 36.4 Å². The molecule has 0 aliphatic carbocycles. The van der Waals surface area contributed by atoms with Gasteiger partial charge in [0.25, 0.3) is 0 Å². The Morgan fingerprint density at radius 3 is 2.53 bits per heavy atom. The van der Waals surface area contributed by atoms with E-state index >= 15 is 0 Å². The number of aryl methyl sites for hydroxylation is 1. The molecule has 0 saturated carbocycles. The van der Waals surface area contributed by atoms with Crippen LogP contribution in [0.4, 0.5) is 0 Å². The van der Waals surface area contributed by atoms with E-state index in [2.05, 4.69) is 11.8 Å². The molecule has 1 aromatic rings. The molecule has 0 radical (unpaired) electrons. The van der Waals surface area contributed by atoms with E-state index in [1.165, 1.54) is 43.8 Å². The van der Waals surface area contributed by atoms with Crippen LogP contribution in [-0.2, 0) is 19.4 Å². The summed E-state index contributed by atoms with van der Waals surface area (Å²) in [6.45, 7) is 5.94. The normalized spacial score (nSPS) is 17.6. The zero-order valence-corrected chi connectivity index (χ0v) is 12.8. The van der Waals surface area contributed by atoms with Crippen LogP contribution >= 0.6 is 11.3 Å². The summed E-state index contributed by atoms with van der Waals surface area (Å²) in [4.78, 5) is 8.36. The Morgan fingerprint density at radius 2 is 1.89 bits per heavy atom. The van der Waals surface area contributed by atoms with Crippen molar-refractivity contribution in [1.29, 1.82) is 0 Å². The highest BCUT2D eigenvalue weighted by molar-refractivity contribution is 7.11. The molecule has 1 aliphatic rings. The molecule has 0 bridgehead atoms. The van der Waals surface area contributed by atoms with Crippen molar-refractivity contribution in [3.63, 3.8) is 0 Å². The second-order valence-electron chi connectivity index (χ2n) is 5.39. The summed E-state index contributed by atoms with van der Waals surface area (Å²) in [5.74, 6) is 0. The van der Waals surface area contributed by atoms with Gasteiger partial charge in [0.05, 0.1) is 22.2 Å². The predicted octanol–water partition coefficient (Wildman–Crippen LogP) is 3.01. The number of hydrogen-bond acceptors (Lipinski definition) is 4.